The van der Waals surface area contributed by atoms with Gasteiger partial charge in [0.15, 0.2) is 0 Å². The number of hydrogen-bond donors (Lipinski definition) is 1. The van der Waals surface area contributed by atoms with Gasteiger partial charge in [0.05, 0.1) is 6.42 Å². The maximum Gasteiger partial charge on any atom is 0.305 e. The van der Waals surface area contributed by atoms with E-state index in [0.717, 1.165) is 22.8 Å². The van der Waals surface area contributed by atoms with Crippen LogP contribution in [0, 0.1) is 11.6 Å². The van der Waals surface area contributed by atoms with E-state index in [1.165, 1.54) is 12.1 Å². The number of carboxylic acids is 1. The average molecular weight is 472 g/mol. The van der Waals surface area contributed by atoms with E-state index in [1.807, 2.05) is 66.7 Å². The van der Waals surface area contributed by atoms with Crippen molar-refractivity contribution in [3.63, 3.8) is 0 Å². The molecule has 3 nitrogen and oxygen atoms in total. The van der Waals surface area contributed by atoms with Crippen LogP contribution in [0.3, 0.4) is 0 Å². The maximum absolute atomic E-state index is 14.5. The molecule has 0 aliphatic heterocycles. The molecule has 0 spiro atoms. The van der Waals surface area contributed by atoms with E-state index in [1.54, 1.807) is 18.2 Å². The summed E-state index contributed by atoms with van der Waals surface area (Å²) in [6.45, 7) is 2.60. The average Bonchev–Trinajstić information content (AvgIpc) is 2.87. The van der Waals surface area contributed by atoms with Gasteiger partial charge >= 0.3 is 5.97 Å². The highest BCUT2D eigenvalue weighted by Crippen LogP contribution is 2.36. The SMILES string of the molecule is C[C@H](c1ccccc1)N(Cc1ccccc1)C(CC(=O)O)c1cccc(-c2ccc(F)cc2F)c1. The Hall–Kier alpha value is -3.83. The van der Waals surface area contributed by atoms with Gasteiger partial charge in [-0.15, -0.1) is 0 Å². The monoisotopic (exact) mass is 471 g/mol. The molecule has 1 N–H and O–H groups in total. The van der Waals surface area contributed by atoms with Gasteiger partial charge in [0.25, 0.3) is 0 Å². The third kappa shape index (κ3) is 6.00. The molecule has 0 fully saturated rings. The fourth-order valence-electron chi connectivity index (χ4n) is 4.46. The maximum atomic E-state index is 14.5. The smallest absolute Gasteiger partial charge is 0.305 e. The third-order valence-corrected chi connectivity index (χ3v) is 6.27. The number of carboxylic acid groups (broad SMARTS) is 1. The van der Waals surface area contributed by atoms with Crippen LogP contribution < -0.4 is 0 Å². The molecule has 4 aromatic rings. The summed E-state index contributed by atoms with van der Waals surface area (Å²) in [5, 5.41) is 9.85. The van der Waals surface area contributed by atoms with Crippen molar-refractivity contribution in [2.24, 2.45) is 0 Å². The first kappa shape index (κ1) is 24.3. The number of rotatable bonds is 9. The van der Waals surface area contributed by atoms with E-state index in [-0.39, 0.29) is 18.0 Å². The minimum Gasteiger partial charge on any atom is -0.481 e. The Labute approximate surface area is 204 Å². The standard InChI is InChI=1S/C30H27F2NO2/c1-21(23-11-6-3-7-12-23)33(20-22-9-4-2-5-10-22)29(19-30(34)35)25-14-8-13-24(17-25)27-16-15-26(31)18-28(27)32/h2-18,21,29H,19-20H2,1H3,(H,34,35)/t21-,29?/m1/s1. The lowest BCUT2D eigenvalue weighted by atomic mass is 9.94. The van der Waals surface area contributed by atoms with Crippen molar-refractivity contribution in [2.45, 2.75) is 32.0 Å². The molecule has 1 unspecified atom stereocenters. The molecule has 0 saturated heterocycles. The largest absolute Gasteiger partial charge is 0.481 e. The first-order valence-corrected chi connectivity index (χ1v) is 11.5. The molecule has 0 saturated carbocycles. The zero-order chi connectivity index (χ0) is 24.8. The molecule has 35 heavy (non-hydrogen) atoms. The quantitative estimate of drug-likeness (QED) is 0.276. The van der Waals surface area contributed by atoms with Crippen molar-refractivity contribution >= 4 is 5.97 Å². The van der Waals surface area contributed by atoms with Crippen LogP contribution in [-0.2, 0) is 11.3 Å². The summed E-state index contributed by atoms with van der Waals surface area (Å²) in [5.41, 5.74) is 3.73. The molecule has 0 aliphatic rings. The number of nitrogens with zero attached hydrogens (tertiary/aromatic N) is 1. The van der Waals surface area contributed by atoms with Crippen molar-refractivity contribution in [1.29, 1.82) is 0 Å². The van der Waals surface area contributed by atoms with Gasteiger partial charge in [-0.3, -0.25) is 9.69 Å². The van der Waals surface area contributed by atoms with Crippen molar-refractivity contribution < 1.29 is 18.7 Å². The summed E-state index contributed by atoms with van der Waals surface area (Å²) in [5.74, 6) is -2.22. The van der Waals surface area contributed by atoms with Crippen LogP contribution in [-0.4, -0.2) is 16.0 Å². The number of benzene rings is 4. The molecule has 2 atom stereocenters. The Bertz CT molecular complexity index is 1280. The molecule has 0 aliphatic carbocycles. The summed E-state index contributed by atoms with van der Waals surface area (Å²) in [6, 6.07) is 30.0. The molecule has 4 aromatic carbocycles. The van der Waals surface area contributed by atoms with Crippen LogP contribution in [0.5, 0.6) is 0 Å². The Balaban J connectivity index is 1.79. The van der Waals surface area contributed by atoms with Gasteiger partial charge in [0, 0.05) is 30.3 Å². The molecule has 5 heteroatoms. The second-order valence-corrected chi connectivity index (χ2v) is 8.61. The lowest BCUT2D eigenvalue weighted by Gasteiger charge is -2.37. The molecule has 4 rings (SSSR count). The third-order valence-electron chi connectivity index (χ3n) is 6.27. The Kier molecular flexibility index (Phi) is 7.68. The minimum atomic E-state index is -0.924. The first-order valence-electron chi connectivity index (χ1n) is 11.5. The predicted molar refractivity (Wildman–Crippen MR) is 134 cm³/mol. The van der Waals surface area contributed by atoms with Crippen molar-refractivity contribution in [1.82, 2.24) is 4.90 Å². The zero-order valence-corrected chi connectivity index (χ0v) is 19.4. The highest BCUT2D eigenvalue weighted by atomic mass is 19.1. The molecule has 0 heterocycles. The van der Waals surface area contributed by atoms with E-state index >= 15 is 0 Å². The van der Waals surface area contributed by atoms with E-state index in [9.17, 15) is 18.7 Å². The Morgan fingerprint density at radius 1 is 0.829 bits per heavy atom. The fourth-order valence-corrected chi connectivity index (χ4v) is 4.46. The van der Waals surface area contributed by atoms with Crippen molar-refractivity contribution in [3.05, 3.63) is 131 Å². The highest BCUT2D eigenvalue weighted by molar-refractivity contribution is 5.69. The number of hydrogen-bond acceptors (Lipinski definition) is 2. The topological polar surface area (TPSA) is 40.5 Å². The first-order chi connectivity index (χ1) is 16.9. The number of aliphatic carboxylic acids is 1. The second kappa shape index (κ2) is 11.1. The Morgan fingerprint density at radius 3 is 2.14 bits per heavy atom. The number of halogens is 2. The second-order valence-electron chi connectivity index (χ2n) is 8.61. The van der Waals surface area contributed by atoms with Gasteiger partial charge in [-0.25, -0.2) is 8.78 Å². The van der Waals surface area contributed by atoms with E-state index < -0.39 is 23.6 Å². The normalized spacial score (nSPS) is 12.9. The number of carbonyl (C=O) groups is 1. The van der Waals surface area contributed by atoms with E-state index in [4.69, 9.17) is 0 Å². The minimum absolute atomic E-state index is 0.0908. The molecule has 0 aromatic heterocycles. The van der Waals surface area contributed by atoms with Gasteiger partial charge in [-0.05, 0) is 47.4 Å². The summed E-state index contributed by atoms with van der Waals surface area (Å²) in [7, 11) is 0. The van der Waals surface area contributed by atoms with Crippen LogP contribution in [0.1, 0.15) is 42.1 Å². The van der Waals surface area contributed by atoms with E-state index in [0.29, 0.717) is 12.1 Å². The van der Waals surface area contributed by atoms with Crippen LogP contribution in [0.15, 0.2) is 103 Å². The summed E-state index contributed by atoms with van der Waals surface area (Å²) < 4.78 is 28.0. The molecule has 0 bridgehead atoms. The Morgan fingerprint density at radius 2 is 1.49 bits per heavy atom. The fraction of sp³-hybridized carbons (Fsp3) is 0.167. The van der Waals surface area contributed by atoms with E-state index in [2.05, 4.69) is 11.8 Å². The molecular weight excluding hydrogens is 444 g/mol. The zero-order valence-electron chi connectivity index (χ0n) is 19.4. The lowest BCUT2D eigenvalue weighted by Crippen LogP contribution is -2.32. The highest BCUT2D eigenvalue weighted by Gasteiger charge is 2.28. The van der Waals surface area contributed by atoms with Crippen molar-refractivity contribution in [3.8, 4) is 11.1 Å². The summed E-state index contributed by atoms with van der Waals surface area (Å²) >= 11 is 0. The molecular formula is C30H27F2NO2. The van der Waals surface area contributed by atoms with Crippen LogP contribution in [0.25, 0.3) is 11.1 Å². The van der Waals surface area contributed by atoms with Gasteiger partial charge in [0.2, 0.25) is 0 Å². The summed E-state index contributed by atoms with van der Waals surface area (Å²) in [4.78, 5) is 14.2. The van der Waals surface area contributed by atoms with Crippen LogP contribution in [0.4, 0.5) is 8.78 Å². The summed E-state index contributed by atoms with van der Waals surface area (Å²) in [6.07, 6.45) is -0.126. The predicted octanol–water partition coefficient (Wildman–Crippen LogP) is 7.41. The molecule has 178 valence electrons. The van der Waals surface area contributed by atoms with Crippen molar-refractivity contribution in [2.75, 3.05) is 0 Å². The van der Waals surface area contributed by atoms with Crippen LogP contribution in [0.2, 0.25) is 0 Å². The van der Waals surface area contributed by atoms with Crippen LogP contribution >= 0.6 is 0 Å². The molecule has 0 radical (unpaired) electrons. The van der Waals surface area contributed by atoms with Gasteiger partial charge in [-0.1, -0.05) is 78.9 Å². The van der Waals surface area contributed by atoms with Gasteiger partial charge in [0.1, 0.15) is 11.6 Å². The van der Waals surface area contributed by atoms with Gasteiger partial charge in [-0.2, -0.15) is 0 Å². The molecule has 0 amide bonds. The van der Waals surface area contributed by atoms with Gasteiger partial charge < -0.3 is 5.11 Å². The lowest BCUT2D eigenvalue weighted by molar-refractivity contribution is -0.138.